The highest BCUT2D eigenvalue weighted by molar-refractivity contribution is 5.89. The molecule has 5 nitrogen and oxygen atoms in total. The van der Waals surface area contributed by atoms with Gasteiger partial charge in [-0.2, -0.15) is 0 Å². The van der Waals surface area contributed by atoms with E-state index >= 15 is 0 Å². The summed E-state index contributed by atoms with van der Waals surface area (Å²) < 4.78 is 13.2. The van der Waals surface area contributed by atoms with Crippen molar-refractivity contribution in [1.29, 1.82) is 0 Å². The number of aliphatic hydroxyl groups excluding tert-OH is 2. The van der Waals surface area contributed by atoms with Crippen molar-refractivity contribution >= 4 is 11.7 Å². The van der Waals surface area contributed by atoms with Crippen molar-refractivity contribution in [1.82, 2.24) is 5.32 Å². The molecular formula is C26H35FN2O3. The Kier molecular flexibility index (Phi) is 4.99. The summed E-state index contributed by atoms with van der Waals surface area (Å²) in [5.41, 5.74) is 0.568. The van der Waals surface area contributed by atoms with Crippen LogP contribution < -0.4 is 10.6 Å². The Hall–Kier alpha value is -1.92. The molecule has 0 unspecified atom stereocenters. The number of amides is 2. The van der Waals surface area contributed by atoms with E-state index in [2.05, 4.69) is 31.1 Å². The smallest absolute Gasteiger partial charge is 0.319 e. The van der Waals surface area contributed by atoms with Gasteiger partial charge in [-0.3, -0.25) is 0 Å². The first kappa shape index (κ1) is 21.9. The summed E-state index contributed by atoms with van der Waals surface area (Å²) in [5.74, 6) is 0.0737. The van der Waals surface area contributed by atoms with Crippen LogP contribution in [0, 0.1) is 34.4 Å². The number of benzene rings is 1. The van der Waals surface area contributed by atoms with E-state index in [1.165, 1.54) is 12.1 Å². The molecule has 0 aromatic heterocycles. The third-order valence-electron chi connectivity index (χ3n) is 9.66. The molecule has 4 N–H and O–H groups in total. The zero-order valence-corrected chi connectivity index (χ0v) is 19.0. The van der Waals surface area contributed by atoms with Crippen molar-refractivity contribution in [2.75, 3.05) is 5.32 Å². The number of anilines is 1. The fraction of sp³-hybridized carbons (Fsp3) is 0.654. The maximum absolute atomic E-state index is 13.2. The normalized spacial score (nSPS) is 45.0. The number of rotatable bonds is 2. The molecular weight excluding hydrogens is 407 g/mol. The lowest BCUT2D eigenvalue weighted by atomic mass is 9.41. The van der Waals surface area contributed by atoms with Crippen LogP contribution in [0.2, 0.25) is 0 Å². The first-order chi connectivity index (χ1) is 15.1. The molecule has 174 valence electrons. The van der Waals surface area contributed by atoms with Crippen LogP contribution in [0.25, 0.3) is 0 Å². The van der Waals surface area contributed by atoms with Crippen LogP contribution in [0.3, 0.4) is 0 Å². The van der Waals surface area contributed by atoms with E-state index in [-0.39, 0.29) is 40.4 Å². The first-order valence-corrected chi connectivity index (χ1v) is 12.0. The largest absolute Gasteiger partial charge is 0.393 e. The molecule has 0 radical (unpaired) electrons. The molecule has 1 aromatic rings. The Morgan fingerprint density at radius 2 is 1.88 bits per heavy atom. The molecule has 4 aliphatic carbocycles. The van der Waals surface area contributed by atoms with Gasteiger partial charge in [0.15, 0.2) is 0 Å². The maximum Gasteiger partial charge on any atom is 0.319 e. The second-order valence-electron chi connectivity index (χ2n) is 11.3. The third-order valence-corrected chi connectivity index (χ3v) is 9.66. The maximum atomic E-state index is 13.2. The Morgan fingerprint density at radius 3 is 2.59 bits per heavy atom. The number of nitrogens with one attached hydrogen (secondary N) is 2. The van der Waals surface area contributed by atoms with Crippen molar-refractivity contribution < 1.29 is 19.4 Å². The van der Waals surface area contributed by atoms with Gasteiger partial charge in [-0.05, 0) is 98.5 Å². The molecule has 0 saturated heterocycles. The average Bonchev–Trinajstić information content (AvgIpc) is 2.90. The van der Waals surface area contributed by atoms with Gasteiger partial charge in [0.1, 0.15) is 5.82 Å². The second-order valence-corrected chi connectivity index (χ2v) is 11.3. The standard InChI is InChI=1S/C26H35FN2O3/c1-15-16-13-19(30)21-24(2)10-4-11-25(3,20(24)9-12-26(21,14-16)22(15)31)29-23(32)28-18-7-5-17(27)6-8-18/h5-8,16,19-22,30-31H,1,4,9-14H2,2-3H3,(H2,28,29,32)/t16-,19-,20-,21-,22+,24+,25+,26+/m0/s1. The van der Waals surface area contributed by atoms with Gasteiger partial charge in [-0.25, -0.2) is 9.18 Å². The minimum atomic E-state index is -0.546. The number of halogens is 1. The monoisotopic (exact) mass is 442 g/mol. The second kappa shape index (κ2) is 7.29. The van der Waals surface area contributed by atoms with E-state index in [1.807, 2.05) is 0 Å². The van der Waals surface area contributed by atoms with E-state index < -0.39 is 17.7 Å². The molecule has 5 rings (SSSR count). The van der Waals surface area contributed by atoms with Crippen LogP contribution in [0.4, 0.5) is 14.9 Å². The Balaban J connectivity index is 1.41. The van der Waals surface area contributed by atoms with Gasteiger partial charge >= 0.3 is 6.03 Å². The summed E-state index contributed by atoms with van der Waals surface area (Å²) in [7, 11) is 0. The number of hydrogen-bond donors (Lipinski definition) is 4. The Morgan fingerprint density at radius 1 is 1.16 bits per heavy atom. The summed E-state index contributed by atoms with van der Waals surface area (Å²) in [4.78, 5) is 12.9. The summed E-state index contributed by atoms with van der Waals surface area (Å²) in [5, 5.41) is 28.6. The van der Waals surface area contributed by atoms with Crippen molar-refractivity contribution in [2.24, 2.45) is 28.6 Å². The highest BCUT2D eigenvalue weighted by Gasteiger charge is 2.69. The van der Waals surface area contributed by atoms with E-state index in [0.29, 0.717) is 12.1 Å². The minimum Gasteiger partial charge on any atom is -0.393 e. The van der Waals surface area contributed by atoms with Crippen molar-refractivity contribution in [3.8, 4) is 0 Å². The van der Waals surface area contributed by atoms with Gasteiger partial charge in [-0.1, -0.05) is 19.9 Å². The van der Waals surface area contributed by atoms with E-state index in [4.69, 9.17) is 0 Å². The zero-order chi connectivity index (χ0) is 22.9. The molecule has 32 heavy (non-hydrogen) atoms. The first-order valence-electron chi connectivity index (χ1n) is 12.0. The van der Waals surface area contributed by atoms with Gasteiger partial charge in [-0.15, -0.1) is 0 Å². The van der Waals surface area contributed by atoms with Crippen LogP contribution in [-0.2, 0) is 0 Å². The molecule has 1 aromatic carbocycles. The Labute approximate surface area is 189 Å². The van der Waals surface area contributed by atoms with Crippen molar-refractivity contribution in [3.05, 3.63) is 42.2 Å². The fourth-order valence-corrected chi connectivity index (χ4v) is 8.58. The number of hydrogen-bond acceptors (Lipinski definition) is 3. The summed E-state index contributed by atoms with van der Waals surface area (Å²) >= 11 is 0. The van der Waals surface area contributed by atoms with Crippen molar-refractivity contribution in [2.45, 2.75) is 76.5 Å². The minimum absolute atomic E-state index is 0.000773. The zero-order valence-electron chi connectivity index (χ0n) is 19.0. The number of aliphatic hydroxyl groups is 2. The van der Waals surface area contributed by atoms with Crippen LogP contribution in [-0.4, -0.2) is 34.0 Å². The quantitative estimate of drug-likeness (QED) is 0.505. The van der Waals surface area contributed by atoms with Gasteiger partial charge in [0.2, 0.25) is 0 Å². The molecule has 0 heterocycles. The van der Waals surface area contributed by atoms with Gasteiger partial charge < -0.3 is 20.8 Å². The van der Waals surface area contributed by atoms with Gasteiger partial charge in [0, 0.05) is 16.6 Å². The van der Waals surface area contributed by atoms with Crippen molar-refractivity contribution in [3.63, 3.8) is 0 Å². The summed E-state index contributed by atoms with van der Waals surface area (Å²) in [6.45, 7) is 8.59. The number of urea groups is 1. The molecule has 8 atom stereocenters. The summed E-state index contributed by atoms with van der Waals surface area (Å²) in [6.07, 6.45) is 5.18. The van der Waals surface area contributed by atoms with E-state index in [0.717, 1.165) is 44.1 Å². The topological polar surface area (TPSA) is 81.6 Å². The molecule has 2 bridgehead atoms. The average molecular weight is 443 g/mol. The molecule has 4 fully saturated rings. The van der Waals surface area contributed by atoms with Gasteiger partial charge in [0.05, 0.1) is 12.2 Å². The van der Waals surface area contributed by atoms with Gasteiger partial charge in [0.25, 0.3) is 0 Å². The molecule has 4 saturated carbocycles. The molecule has 4 aliphatic rings. The number of carbonyl (C=O) groups excluding carboxylic acids is 1. The Bertz CT molecular complexity index is 936. The van der Waals surface area contributed by atoms with Crippen LogP contribution in [0.15, 0.2) is 36.4 Å². The van der Waals surface area contributed by atoms with E-state index in [1.54, 1.807) is 12.1 Å². The van der Waals surface area contributed by atoms with E-state index in [9.17, 15) is 19.4 Å². The lowest BCUT2D eigenvalue weighted by molar-refractivity contribution is -0.195. The fourth-order valence-electron chi connectivity index (χ4n) is 8.58. The summed E-state index contributed by atoms with van der Waals surface area (Å²) in [6, 6.07) is 5.47. The van der Waals surface area contributed by atoms with Crippen LogP contribution in [0.1, 0.15) is 58.8 Å². The molecule has 0 aliphatic heterocycles. The molecule has 2 amide bonds. The van der Waals surface area contributed by atoms with Crippen LogP contribution in [0.5, 0.6) is 0 Å². The SMILES string of the molecule is C=C1[C@H]2C[C@H](O)[C@H]3[C@]4(C)CCC[C@@](C)(NC(=O)Nc5ccc(F)cc5)[C@H]4CC[C@]3(C2)[C@@H]1O. The lowest BCUT2D eigenvalue weighted by Crippen LogP contribution is -2.67. The lowest BCUT2D eigenvalue weighted by Gasteiger charge is -2.65. The highest BCUT2D eigenvalue weighted by Crippen LogP contribution is 2.70. The predicted molar refractivity (Wildman–Crippen MR) is 121 cm³/mol. The predicted octanol–water partition coefficient (Wildman–Crippen LogP) is 4.61. The third kappa shape index (κ3) is 3.06. The molecule has 6 heteroatoms. The number of carbonyl (C=O) groups is 1. The molecule has 1 spiro atoms. The van der Waals surface area contributed by atoms with Crippen LogP contribution >= 0.6 is 0 Å². The number of fused-ring (bicyclic) bond motifs is 3. The highest BCUT2D eigenvalue weighted by atomic mass is 19.1.